The van der Waals surface area contributed by atoms with Gasteiger partial charge < -0.3 is 0 Å². The van der Waals surface area contributed by atoms with E-state index in [9.17, 15) is 13.6 Å². The first-order valence-corrected chi connectivity index (χ1v) is 3.92. The van der Waals surface area contributed by atoms with Crippen LogP contribution in [-0.4, -0.2) is 17.2 Å². The van der Waals surface area contributed by atoms with Crippen LogP contribution in [0.4, 0.5) is 8.78 Å². The summed E-state index contributed by atoms with van der Waals surface area (Å²) in [4.78, 5) is 14.3. The van der Waals surface area contributed by atoms with Crippen molar-refractivity contribution in [3.63, 3.8) is 0 Å². The van der Waals surface area contributed by atoms with Crippen LogP contribution in [0.25, 0.3) is 0 Å². The van der Waals surface area contributed by atoms with Crippen LogP contribution in [-0.2, 0) is 0 Å². The molecule has 0 aliphatic carbocycles. The molecule has 1 rings (SSSR count). The maximum absolute atomic E-state index is 12.0. The van der Waals surface area contributed by atoms with E-state index in [-0.39, 0.29) is 15.7 Å². The molecule has 1 heterocycles. The van der Waals surface area contributed by atoms with Crippen LogP contribution in [0, 0.1) is 0 Å². The summed E-state index contributed by atoms with van der Waals surface area (Å²) in [5, 5.41) is -0.400. The maximum Gasteiger partial charge on any atom is 0.300 e. The SMILES string of the molecule is O=C(c1ccnc(Cl)c1Cl)C(F)F. The van der Waals surface area contributed by atoms with Gasteiger partial charge in [0.05, 0.1) is 5.02 Å². The average Bonchev–Trinajstić information content (AvgIpc) is 2.08. The lowest BCUT2D eigenvalue weighted by Gasteiger charge is -2.02. The fourth-order valence-corrected chi connectivity index (χ4v) is 1.09. The number of pyridine rings is 1. The lowest BCUT2D eigenvalue weighted by Crippen LogP contribution is -2.11. The van der Waals surface area contributed by atoms with Gasteiger partial charge in [-0.1, -0.05) is 23.2 Å². The van der Waals surface area contributed by atoms with Crippen LogP contribution in [0.15, 0.2) is 12.3 Å². The van der Waals surface area contributed by atoms with Crippen molar-refractivity contribution >= 4 is 29.0 Å². The minimum absolute atomic E-state index is 0.159. The summed E-state index contributed by atoms with van der Waals surface area (Å²) < 4.78 is 23.9. The molecule has 0 spiro atoms. The van der Waals surface area contributed by atoms with Gasteiger partial charge in [0.15, 0.2) is 0 Å². The molecule has 1 aromatic heterocycles. The first kappa shape index (κ1) is 10.3. The number of rotatable bonds is 2. The Hall–Kier alpha value is -0.740. The Bertz CT molecular complexity index is 343. The highest BCUT2D eigenvalue weighted by Crippen LogP contribution is 2.24. The Kier molecular flexibility index (Phi) is 3.17. The lowest BCUT2D eigenvalue weighted by molar-refractivity contribution is 0.0679. The van der Waals surface area contributed by atoms with Crippen LogP contribution in [0.3, 0.4) is 0 Å². The zero-order valence-electron chi connectivity index (χ0n) is 6.10. The van der Waals surface area contributed by atoms with E-state index in [4.69, 9.17) is 23.2 Å². The van der Waals surface area contributed by atoms with E-state index in [1.807, 2.05) is 0 Å². The van der Waals surface area contributed by atoms with Gasteiger partial charge in [0, 0.05) is 11.8 Å². The van der Waals surface area contributed by atoms with E-state index in [0.717, 1.165) is 12.3 Å². The highest BCUT2D eigenvalue weighted by Gasteiger charge is 2.21. The van der Waals surface area contributed by atoms with Gasteiger partial charge in [-0.3, -0.25) is 4.79 Å². The maximum atomic E-state index is 12.0. The van der Waals surface area contributed by atoms with Gasteiger partial charge in [0.25, 0.3) is 0 Å². The average molecular weight is 226 g/mol. The van der Waals surface area contributed by atoms with Crippen LogP contribution < -0.4 is 0 Å². The van der Waals surface area contributed by atoms with Crippen molar-refractivity contribution in [2.75, 3.05) is 0 Å². The van der Waals surface area contributed by atoms with Gasteiger partial charge in [-0.15, -0.1) is 0 Å². The number of carbonyl (C=O) groups excluding carboxylic acids is 1. The van der Waals surface area contributed by atoms with Crippen molar-refractivity contribution in [1.82, 2.24) is 4.98 Å². The highest BCUT2D eigenvalue weighted by molar-refractivity contribution is 6.43. The molecule has 6 heteroatoms. The van der Waals surface area contributed by atoms with E-state index in [1.165, 1.54) is 0 Å². The number of hydrogen-bond donors (Lipinski definition) is 0. The molecule has 2 nitrogen and oxygen atoms in total. The van der Waals surface area contributed by atoms with Gasteiger partial charge in [-0.05, 0) is 6.07 Å². The molecule has 0 N–H and O–H groups in total. The fourth-order valence-electron chi connectivity index (χ4n) is 0.726. The van der Waals surface area contributed by atoms with Gasteiger partial charge in [0.2, 0.25) is 5.78 Å². The number of Topliss-reactive ketones (excluding diaryl/α,β-unsaturated/α-hetero) is 1. The van der Waals surface area contributed by atoms with E-state index < -0.39 is 12.2 Å². The number of alkyl halides is 2. The summed E-state index contributed by atoms with van der Waals surface area (Å²) in [7, 11) is 0. The molecule has 0 saturated heterocycles. The molecule has 0 bridgehead atoms. The van der Waals surface area contributed by atoms with Crippen molar-refractivity contribution in [2.45, 2.75) is 6.43 Å². The molecule has 0 atom stereocenters. The van der Waals surface area contributed by atoms with Crippen LogP contribution in [0.1, 0.15) is 10.4 Å². The third-order valence-corrected chi connectivity index (χ3v) is 2.08. The summed E-state index contributed by atoms with van der Waals surface area (Å²) in [6, 6.07) is 1.10. The fraction of sp³-hybridized carbons (Fsp3) is 0.143. The van der Waals surface area contributed by atoms with Crippen LogP contribution in [0.5, 0.6) is 0 Å². The second kappa shape index (κ2) is 3.98. The van der Waals surface area contributed by atoms with Gasteiger partial charge in [0.1, 0.15) is 5.15 Å². The first-order chi connectivity index (χ1) is 6.04. The zero-order valence-corrected chi connectivity index (χ0v) is 7.61. The molecule has 70 valence electrons. The Morgan fingerprint density at radius 1 is 1.46 bits per heavy atom. The molecule has 1 aromatic rings. The van der Waals surface area contributed by atoms with Gasteiger partial charge >= 0.3 is 6.43 Å². The molecule has 0 aliphatic heterocycles. The van der Waals surface area contributed by atoms with Gasteiger partial charge in [-0.2, -0.15) is 0 Å². The number of halogens is 4. The van der Waals surface area contributed by atoms with E-state index in [2.05, 4.69) is 4.98 Å². The summed E-state index contributed by atoms with van der Waals surface area (Å²) in [6.45, 7) is 0. The normalized spacial score (nSPS) is 10.5. The van der Waals surface area contributed by atoms with E-state index >= 15 is 0 Å². The van der Waals surface area contributed by atoms with E-state index in [0.29, 0.717) is 0 Å². The molecule has 0 aliphatic rings. The topological polar surface area (TPSA) is 30.0 Å². The molecule has 0 unspecified atom stereocenters. The molecule has 0 aromatic carbocycles. The van der Waals surface area contributed by atoms with Crippen LogP contribution in [0.2, 0.25) is 10.2 Å². The second-order valence-electron chi connectivity index (χ2n) is 2.13. The third kappa shape index (κ3) is 2.14. The largest absolute Gasteiger partial charge is 0.300 e. The van der Waals surface area contributed by atoms with E-state index in [1.54, 1.807) is 0 Å². The molecule has 0 amide bonds. The lowest BCUT2D eigenvalue weighted by atomic mass is 10.2. The number of ketones is 1. The summed E-state index contributed by atoms with van der Waals surface area (Å²) in [5.41, 5.74) is -0.309. The summed E-state index contributed by atoms with van der Waals surface area (Å²) in [6.07, 6.45) is -1.94. The second-order valence-corrected chi connectivity index (χ2v) is 2.86. The van der Waals surface area contributed by atoms with Gasteiger partial charge in [-0.25, -0.2) is 13.8 Å². The molecule has 0 fully saturated rings. The Morgan fingerprint density at radius 3 is 2.62 bits per heavy atom. The monoisotopic (exact) mass is 225 g/mol. The standard InChI is InChI=1S/C7H3Cl2F2NO/c8-4-3(5(13)7(10)11)1-2-12-6(4)9/h1-2,7H. The van der Waals surface area contributed by atoms with Crippen molar-refractivity contribution in [3.8, 4) is 0 Å². The van der Waals surface area contributed by atoms with Crippen molar-refractivity contribution < 1.29 is 13.6 Å². The minimum Gasteiger partial charge on any atom is -0.288 e. The molecule has 0 radical (unpaired) electrons. The first-order valence-electron chi connectivity index (χ1n) is 3.16. The predicted molar refractivity (Wildman–Crippen MR) is 44.6 cm³/mol. The smallest absolute Gasteiger partial charge is 0.288 e. The molecule has 13 heavy (non-hydrogen) atoms. The number of hydrogen-bond acceptors (Lipinski definition) is 2. The summed E-state index contributed by atoms with van der Waals surface area (Å²) >= 11 is 10.9. The Labute approximate surface area is 82.5 Å². The number of aromatic nitrogens is 1. The molecular weight excluding hydrogens is 223 g/mol. The summed E-state index contributed by atoms with van der Waals surface area (Å²) in [5.74, 6) is -1.35. The predicted octanol–water partition coefficient (Wildman–Crippen LogP) is 2.84. The van der Waals surface area contributed by atoms with Crippen molar-refractivity contribution in [1.29, 1.82) is 0 Å². The minimum atomic E-state index is -3.09. The third-order valence-electron chi connectivity index (χ3n) is 1.31. The Morgan fingerprint density at radius 2 is 2.08 bits per heavy atom. The van der Waals surface area contributed by atoms with Crippen LogP contribution >= 0.6 is 23.2 Å². The number of carbonyl (C=O) groups is 1. The van der Waals surface area contributed by atoms with Crippen molar-refractivity contribution in [2.24, 2.45) is 0 Å². The highest BCUT2D eigenvalue weighted by atomic mass is 35.5. The Balaban J connectivity index is 3.15. The quantitative estimate of drug-likeness (QED) is 0.573. The number of nitrogens with zero attached hydrogens (tertiary/aromatic N) is 1. The van der Waals surface area contributed by atoms with Crippen molar-refractivity contribution in [3.05, 3.63) is 28.0 Å². The molecule has 0 saturated carbocycles. The molecular formula is C7H3Cl2F2NO. The zero-order chi connectivity index (χ0) is 10.0.